The molecular formula is C21H18F2N4O2. The van der Waals surface area contributed by atoms with Crippen molar-refractivity contribution in [1.82, 2.24) is 9.97 Å². The summed E-state index contributed by atoms with van der Waals surface area (Å²) in [6, 6.07) is 12.5. The molecule has 0 spiro atoms. The third kappa shape index (κ3) is 4.43. The van der Waals surface area contributed by atoms with Gasteiger partial charge in [-0.25, -0.2) is 9.78 Å². The molecule has 0 atom stereocenters. The van der Waals surface area contributed by atoms with Crippen molar-refractivity contribution in [3.8, 4) is 0 Å². The average Bonchev–Trinajstić information content (AvgIpc) is 2.74. The van der Waals surface area contributed by atoms with Crippen molar-refractivity contribution in [3.05, 3.63) is 72.2 Å². The molecule has 0 aliphatic heterocycles. The highest BCUT2D eigenvalue weighted by molar-refractivity contribution is 6.09. The average molecular weight is 396 g/mol. The number of carbonyl (C=O) groups excluding carboxylic acids is 1. The van der Waals surface area contributed by atoms with Gasteiger partial charge in [-0.3, -0.25) is 9.98 Å². The second kappa shape index (κ2) is 8.55. The number of nitrogens with zero attached hydrogens (tertiary/aromatic N) is 3. The van der Waals surface area contributed by atoms with Crippen LogP contribution < -0.4 is 5.73 Å². The Bertz CT molecular complexity index is 1100. The smallest absolute Gasteiger partial charge is 0.381 e. The van der Waals surface area contributed by atoms with Gasteiger partial charge in [0, 0.05) is 23.6 Å². The number of nitrogens with two attached hydrogens (primary N) is 1. The fourth-order valence-corrected chi connectivity index (χ4v) is 2.56. The number of aliphatic imine (C=N–C) groups is 1. The molecule has 0 saturated carbocycles. The molecule has 6 nitrogen and oxygen atoms in total. The van der Waals surface area contributed by atoms with Gasteiger partial charge >= 0.3 is 11.9 Å². The number of para-hydroxylation sites is 2. The van der Waals surface area contributed by atoms with Crippen LogP contribution in [-0.2, 0) is 15.5 Å². The van der Waals surface area contributed by atoms with Crippen LogP contribution in [0.2, 0.25) is 0 Å². The first kappa shape index (κ1) is 20.1. The Morgan fingerprint density at radius 3 is 2.69 bits per heavy atom. The van der Waals surface area contributed by atoms with Gasteiger partial charge in [-0.05, 0) is 31.2 Å². The summed E-state index contributed by atoms with van der Waals surface area (Å²) in [5.41, 5.74) is 7.78. The first-order valence-corrected chi connectivity index (χ1v) is 8.79. The lowest BCUT2D eigenvalue weighted by molar-refractivity contribution is -0.173. The highest BCUT2D eigenvalue weighted by atomic mass is 19.3. The van der Waals surface area contributed by atoms with Crippen LogP contribution in [0.4, 0.5) is 14.5 Å². The number of halogens is 2. The Labute approximate surface area is 165 Å². The highest BCUT2D eigenvalue weighted by Gasteiger charge is 2.42. The van der Waals surface area contributed by atoms with Crippen molar-refractivity contribution in [3.63, 3.8) is 0 Å². The second-order valence-corrected chi connectivity index (χ2v) is 5.97. The van der Waals surface area contributed by atoms with Gasteiger partial charge in [0.1, 0.15) is 0 Å². The number of ether oxygens (including phenoxy) is 1. The number of hydrogen-bond acceptors (Lipinski definition) is 6. The lowest BCUT2D eigenvalue weighted by Gasteiger charge is -2.15. The lowest BCUT2D eigenvalue weighted by atomic mass is 10.1. The van der Waals surface area contributed by atoms with E-state index in [9.17, 15) is 13.6 Å². The van der Waals surface area contributed by atoms with Crippen molar-refractivity contribution in [2.45, 2.75) is 12.8 Å². The summed E-state index contributed by atoms with van der Waals surface area (Å²) in [6.45, 7) is 1.33. The third-order valence-electron chi connectivity index (χ3n) is 4.02. The zero-order valence-corrected chi connectivity index (χ0v) is 15.5. The Balaban J connectivity index is 1.87. The Hall–Kier alpha value is -3.68. The van der Waals surface area contributed by atoms with Gasteiger partial charge in [0.05, 0.1) is 35.2 Å². The van der Waals surface area contributed by atoms with E-state index in [0.717, 1.165) is 17.6 Å². The molecule has 0 aliphatic rings. The highest BCUT2D eigenvalue weighted by Crippen LogP contribution is 2.31. The quantitative estimate of drug-likeness (QED) is 0.503. The van der Waals surface area contributed by atoms with Crippen molar-refractivity contribution in [1.29, 1.82) is 0 Å². The standard InChI is InChI=1S/C21H18F2N4O2/c1-2-29-20(28)21(22,23)15-6-5-7-16(10-15)25-12-14(11-24)19-13-26-17-8-3-4-9-18(17)27-19/h3-13H,2,24H2,1H3. The summed E-state index contributed by atoms with van der Waals surface area (Å²) in [7, 11) is 0. The molecule has 3 aromatic rings. The summed E-state index contributed by atoms with van der Waals surface area (Å²) in [5.74, 6) is -5.37. The minimum atomic E-state index is -3.77. The van der Waals surface area contributed by atoms with E-state index in [4.69, 9.17) is 5.73 Å². The number of esters is 1. The molecule has 0 amide bonds. The summed E-state index contributed by atoms with van der Waals surface area (Å²) in [4.78, 5) is 24.5. The summed E-state index contributed by atoms with van der Waals surface area (Å²) >= 11 is 0. The maximum absolute atomic E-state index is 14.2. The fourth-order valence-electron chi connectivity index (χ4n) is 2.56. The van der Waals surface area contributed by atoms with Crippen LogP contribution >= 0.6 is 0 Å². The molecule has 2 aromatic carbocycles. The molecule has 8 heteroatoms. The summed E-state index contributed by atoms with van der Waals surface area (Å²) < 4.78 is 32.9. The van der Waals surface area contributed by atoms with Crippen molar-refractivity contribution < 1.29 is 18.3 Å². The number of benzene rings is 2. The second-order valence-electron chi connectivity index (χ2n) is 5.97. The monoisotopic (exact) mass is 396 g/mol. The van der Waals surface area contributed by atoms with E-state index in [1.807, 2.05) is 24.3 Å². The number of aromatic nitrogens is 2. The molecule has 3 rings (SSSR count). The zero-order valence-electron chi connectivity index (χ0n) is 15.5. The molecule has 0 bridgehead atoms. The number of allylic oxidation sites excluding steroid dienone is 1. The van der Waals surface area contributed by atoms with E-state index in [1.54, 1.807) is 6.20 Å². The molecule has 0 fully saturated rings. The van der Waals surface area contributed by atoms with E-state index in [0.29, 0.717) is 16.8 Å². The van der Waals surface area contributed by atoms with E-state index >= 15 is 0 Å². The van der Waals surface area contributed by atoms with E-state index in [-0.39, 0.29) is 12.3 Å². The van der Waals surface area contributed by atoms with E-state index in [2.05, 4.69) is 19.7 Å². The molecule has 0 unspecified atom stereocenters. The topological polar surface area (TPSA) is 90.5 Å². The normalized spacial score (nSPS) is 12.4. The van der Waals surface area contributed by atoms with Gasteiger partial charge in [-0.15, -0.1) is 0 Å². The summed E-state index contributed by atoms with van der Waals surface area (Å²) in [5, 5.41) is 0. The van der Waals surface area contributed by atoms with Crippen LogP contribution in [0.3, 0.4) is 0 Å². The first-order valence-electron chi connectivity index (χ1n) is 8.79. The van der Waals surface area contributed by atoms with Gasteiger partial charge in [0.15, 0.2) is 0 Å². The predicted molar refractivity (Wildman–Crippen MR) is 107 cm³/mol. The first-order chi connectivity index (χ1) is 14.0. The largest absolute Gasteiger partial charge is 0.461 e. The predicted octanol–water partition coefficient (Wildman–Crippen LogP) is 3.99. The van der Waals surface area contributed by atoms with Crippen molar-refractivity contribution >= 4 is 34.5 Å². The number of rotatable bonds is 6. The SMILES string of the molecule is CCOC(=O)C(F)(F)c1cccc(N=CC(=CN)c2cnc3ccccc3n2)c1. The van der Waals surface area contributed by atoms with Crippen LogP contribution in [-0.4, -0.2) is 28.8 Å². The van der Waals surface area contributed by atoms with Crippen LogP contribution in [0.5, 0.6) is 0 Å². The van der Waals surface area contributed by atoms with Crippen LogP contribution in [0.15, 0.2) is 65.9 Å². The van der Waals surface area contributed by atoms with E-state index < -0.39 is 17.5 Å². The lowest BCUT2D eigenvalue weighted by Crippen LogP contribution is -2.28. The van der Waals surface area contributed by atoms with Crippen molar-refractivity contribution in [2.75, 3.05) is 6.61 Å². The third-order valence-corrected chi connectivity index (χ3v) is 4.02. The molecule has 0 saturated heterocycles. The minimum Gasteiger partial charge on any atom is -0.461 e. The molecular weight excluding hydrogens is 378 g/mol. The number of carbonyl (C=O) groups is 1. The number of alkyl halides is 2. The Morgan fingerprint density at radius 1 is 1.21 bits per heavy atom. The molecule has 0 aliphatic carbocycles. The number of fused-ring (bicyclic) bond motifs is 1. The maximum atomic E-state index is 14.2. The van der Waals surface area contributed by atoms with Gasteiger partial charge in [-0.2, -0.15) is 8.78 Å². The van der Waals surface area contributed by atoms with Crippen LogP contribution in [0, 0.1) is 0 Å². The van der Waals surface area contributed by atoms with Gasteiger partial charge in [0.2, 0.25) is 0 Å². The van der Waals surface area contributed by atoms with Gasteiger partial charge in [0.25, 0.3) is 0 Å². The maximum Gasteiger partial charge on any atom is 0.381 e. The Morgan fingerprint density at radius 2 is 1.97 bits per heavy atom. The molecule has 148 valence electrons. The molecule has 1 aromatic heterocycles. The van der Waals surface area contributed by atoms with Crippen molar-refractivity contribution in [2.24, 2.45) is 10.7 Å². The molecule has 29 heavy (non-hydrogen) atoms. The molecule has 1 heterocycles. The zero-order chi connectivity index (χ0) is 20.9. The van der Waals surface area contributed by atoms with Gasteiger partial charge in [-0.1, -0.05) is 24.3 Å². The number of hydrogen-bond donors (Lipinski definition) is 1. The van der Waals surface area contributed by atoms with Gasteiger partial charge < -0.3 is 10.5 Å². The van der Waals surface area contributed by atoms with Crippen LogP contribution in [0.25, 0.3) is 16.6 Å². The van der Waals surface area contributed by atoms with E-state index in [1.165, 1.54) is 31.5 Å². The molecule has 0 radical (unpaired) electrons. The fraction of sp³-hybridized carbons (Fsp3) is 0.143. The summed E-state index contributed by atoms with van der Waals surface area (Å²) in [6.07, 6.45) is 4.26. The Kier molecular flexibility index (Phi) is 5.92. The van der Waals surface area contributed by atoms with Crippen LogP contribution in [0.1, 0.15) is 18.2 Å². The minimum absolute atomic E-state index is 0.135. The molecule has 2 N–H and O–H groups in total.